The number of rotatable bonds is 7. The number of pyridine rings is 1. The lowest BCUT2D eigenvalue weighted by atomic mass is 10.1. The molecule has 4 aromatic rings. The zero-order valence-electron chi connectivity index (χ0n) is 18.6. The summed E-state index contributed by atoms with van der Waals surface area (Å²) in [5.41, 5.74) is 3.28. The van der Waals surface area contributed by atoms with Crippen LogP contribution in [0.5, 0.6) is 0 Å². The third kappa shape index (κ3) is 6.42. The Labute approximate surface area is 203 Å². The van der Waals surface area contributed by atoms with Crippen LogP contribution < -0.4 is 10.6 Å². The molecule has 2 aromatic heterocycles. The maximum atomic E-state index is 12.7. The minimum Gasteiger partial charge on any atom is -0.343 e. The minimum absolute atomic E-state index is 0.0221. The molecule has 0 aliphatic heterocycles. The number of amides is 2. The van der Waals surface area contributed by atoms with Crippen molar-refractivity contribution in [3.63, 3.8) is 0 Å². The fourth-order valence-corrected chi connectivity index (χ4v) is 4.07. The number of carbonyl (C=O) groups excluding carboxylic acids is 2. The van der Waals surface area contributed by atoms with Crippen molar-refractivity contribution in [3.8, 4) is 0 Å². The van der Waals surface area contributed by atoms with E-state index in [0.29, 0.717) is 22.6 Å². The number of halogens is 3. The molecule has 0 saturated heterocycles. The Kier molecular flexibility index (Phi) is 7.11. The summed E-state index contributed by atoms with van der Waals surface area (Å²) in [6, 6.07) is 17.2. The summed E-state index contributed by atoms with van der Waals surface area (Å²) >= 11 is 1.59. The number of aryl methyl sites for hydroxylation is 1. The molecular weight excluding hydrogens is 477 g/mol. The van der Waals surface area contributed by atoms with Gasteiger partial charge in [0.05, 0.1) is 5.69 Å². The zero-order valence-corrected chi connectivity index (χ0v) is 19.4. The van der Waals surface area contributed by atoms with Gasteiger partial charge in [0, 0.05) is 39.9 Å². The van der Waals surface area contributed by atoms with Gasteiger partial charge in [-0.05, 0) is 61.0 Å². The van der Waals surface area contributed by atoms with E-state index in [1.165, 1.54) is 12.1 Å². The van der Waals surface area contributed by atoms with Crippen molar-refractivity contribution in [2.75, 3.05) is 11.9 Å². The molecule has 4 rings (SSSR count). The van der Waals surface area contributed by atoms with Crippen LogP contribution in [0.25, 0.3) is 5.65 Å². The van der Waals surface area contributed by atoms with E-state index in [0.717, 1.165) is 16.2 Å². The molecule has 180 valence electrons. The number of benzene rings is 2. The highest BCUT2D eigenvalue weighted by Gasteiger charge is 2.28. The fraction of sp³-hybridized carbons (Fsp3) is 0.160. The number of nitrogens with one attached hydrogen (secondary N) is 2. The highest BCUT2D eigenvalue weighted by Crippen LogP contribution is 2.24. The Hall–Kier alpha value is -3.79. The van der Waals surface area contributed by atoms with Crippen LogP contribution in [-0.4, -0.2) is 33.9 Å². The average Bonchev–Trinajstić information content (AvgIpc) is 3.25. The third-order valence-electron chi connectivity index (χ3n) is 5.11. The number of anilines is 1. The van der Waals surface area contributed by atoms with Crippen LogP contribution in [0.15, 0.2) is 78.0 Å². The lowest BCUT2D eigenvalue weighted by molar-refractivity contribution is -0.123. The number of thioether (sulfide) groups is 1. The van der Waals surface area contributed by atoms with E-state index >= 15 is 0 Å². The van der Waals surface area contributed by atoms with E-state index in [9.17, 15) is 22.8 Å². The van der Waals surface area contributed by atoms with Crippen LogP contribution in [-0.2, 0) is 5.75 Å². The molecule has 35 heavy (non-hydrogen) atoms. The zero-order chi connectivity index (χ0) is 25.0. The van der Waals surface area contributed by atoms with Gasteiger partial charge in [-0.25, -0.2) is 4.98 Å². The predicted octanol–water partition coefficient (Wildman–Crippen LogP) is 5.48. The second kappa shape index (κ2) is 10.2. The highest BCUT2D eigenvalue weighted by atomic mass is 32.2. The van der Waals surface area contributed by atoms with Crippen LogP contribution in [0.2, 0.25) is 0 Å². The molecule has 0 bridgehead atoms. The van der Waals surface area contributed by atoms with Crippen molar-refractivity contribution in [2.24, 2.45) is 0 Å². The van der Waals surface area contributed by atoms with Crippen molar-refractivity contribution in [1.82, 2.24) is 14.7 Å². The summed E-state index contributed by atoms with van der Waals surface area (Å²) in [6.45, 7) is 0.301. The Balaban J connectivity index is 1.37. The van der Waals surface area contributed by atoms with Crippen molar-refractivity contribution >= 4 is 34.9 Å². The van der Waals surface area contributed by atoms with Gasteiger partial charge in [-0.2, -0.15) is 13.2 Å². The normalized spacial score (nSPS) is 11.4. The number of imidazole rings is 1. The molecule has 0 fully saturated rings. The second-order valence-electron chi connectivity index (χ2n) is 7.79. The van der Waals surface area contributed by atoms with Gasteiger partial charge in [0.2, 0.25) is 0 Å². The second-order valence-corrected chi connectivity index (χ2v) is 8.84. The molecule has 2 N–H and O–H groups in total. The molecule has 0 aliphatic carbocycles. The van der Waals surface area contributed by atoms with Crippen LogP contribution in [0, 0.1) is 6.92 Å². The van der Waals surface area contributed by atoms with Crippen LogP contribution in [0.4, 0.5) is 18.9 Å². The number of aromatic nitrogens is 2. The number of alkyl halides is 3. The van der Waals surface area contributed by atoms with E-state index < -0.39 is 24.5 Å². The van der Waals surface area contributed by atoms with Gasteiger partial charge < -0.3 is 15.0 Å². The van der Waals surface area contributed by atoms with Gasteiger partial charge in [-0.15, -0.1) is 11.8 Å². The molecular formula is C25H21F3N4O2S. The van der Waals surface area contributed by atoms with Gasteiger partial charge in [-0.3, -0.25) is 9.59 Å². The van der Waals surface area contributed by atoms with E-state index in [1.807, 2.05) is 52.4 Å². The maximum absolute atomic E-state index is 12.7. The summed E-state index contributed by atoms with van der Waals surface area (Å²) in [7, 11) is 0. The molecule has 10 heteroatoms. The molecule has 2 amide bonds. The fourth-order valence-electron chi connectivity index (χ4n) is 3.29. The quantitative estimate of drug-likeness (QED) is 0.331. The smallest absolute Gasteiger partial charge is 0.343 e. The first-order chi connectivity index (χ1) is 16.7. The molecule has 2 aromatic carbocycles. The lowest BCUT2D eigenvalue weighted by Gasteiger charge is -2.12. The molecule has 6 nitrogen and oxygen atoms in total. The Morgan fingerprint density at radius 2 is 1.74 bits per heavy atom. The van der Waals surface area contributed by atoms with Gasteiger partial charge in [0.1, 0.15) is 12.2 Å². The first kappa shape index (κ1) is 24.3. The number of hydrogen-bond acceptors (Lipinski definition) is 4. The van der Waals surface area contributed by atoms with E-state index in [4.69, 9.17) is 0 Å². The average molecular weight is 499 g/mol. The van der Waals surface area contributed by atoms with E-state index in [2.05, 4.69) is 10.3 Å². The lowest BCUT2D eigenvalue weighted by Crippen LogP contribution is -2.33. The van der Waals surface area contributed by atoms with Crippen molar-refractivity contribution in [2.45, 2.75) is 23.7 Å². The topological polar surface area (TPSA) is 75.5 Å². The molecule has 0 unspecified atom stereocenters. The number of hydrogen-bond donors (Lipinski definition) is 2. The molecule has 0 spiro atoms. The van der Waals surface area contributed by atoms with Crippen LogP contribution in [0.3, 0.4) is 0 Å². The minimum atomic E-state index is -4.51. The monoisotopic (exact) mass is 498 g/mol. The third-order valence-corrected chi connectivity index (χ3v) is 6.16. The Morgan fingerprint density at radius 3 is 2.46 bits per heavy atom. The molecule has 0 saturated carbocycles. The van der Waals surface area contributed by atoms with Crippen LogP contribution >= 0.6 is 11.8 Å². The van der Waals surface area contributed by atoms with Crippen molar-refractivity contribution in [1.29, 1.82) is 0 Å². The van der Waals surface area contributed by atoms with Gasteiger partial charge in [-0.1, -0.05) is 12.1 Å². The van der Waals surface area contributed by atoms with Crippen molar-refractivity contribution < 1.29 is 22.8 Å². The summed E-state index contributed by atoms with van der Waals surface area (Å²) in [6.07, 6.45) is -0.588. The maximum Gasteiger partial charge on any atom is 0.405 e. The van der Waals surface area contributed by atoms with E-state index in [-0.39, 0.29) is 5.56 Å². The standard InChI is InChI=1S/C25H21F3N4O2S/c1-16-5-6-18(23(33)29-15-25(26,27)28)12-21(16)31-24(34)17-7-9-20(10-8-17)35-14-19-13-32-11-3-2-4-22(32)30-19/h2-13H,14-15H2,1H3,(H,29,33)(H,31,34). The molecule has 0 aliphatic rings. The number of nitrogens with zero attached hydrogens (tertiary/aromatic N) is 2. The highest BCUT2D eigenvalue weighted by molar-refractivity contribution is 7.98. The summed E-state index contributed by atoms with van der Waals surface area (Å²) in [5.74, 6) is -0.585. The van der Waals surface area contributed by atoms with Crippen LogP contribution in [0.1, 0.15) is 32.0 Å². The first-order valence-corrected chi connectivity index (χ1v) is 11.6. The number of carbonyl (C=O) groups is 2. The first-order valence-electron chi connectivity index (χ1n) is 10.6. The molecule has 2 heterocycles. The summed E-state index contributed by atoms with van der Waals surface area (Å²) in [5, 5.41) is 4.55. The summed E-state index contributed by atoms with van der Waals surface area (Å²) < 4.78 is 39.1. The van der Waals surface area contributed by atoms with Crippen molar-refractivity contribution in [3.05, 3.63) is 95.4 Å². The Bertz CT molecular complexity index is 1330. The molecule has 0 radical (unpaired) electrons. The van der Waals surface area contributed by atoms with Gasteiger partial charge >= 0.3 is 6.18 Å². The predicted molar refractivity (Wildman–Crippen MR) is 129 cm³/mol. The number of fused-ring (bicyclic) bond motifs is 1. The van der Waals surface area contributed by atoms with Gasteiger partial charge in [0.15, 0.2) is 0 Å². The largest absolute Gasteiger partial charge is 0.405 e. The SMILES string of the molecule is Cc1ccc(C(=O)NCC(F)(F)F)cc1NC(=O)c1ccc(SCc2cn3ccccc3n2)cc1. The molecule has 0 atom stereocenters. The van der Waals surface area contributed by atoms with Gasteiger partial charge in [0.25, 0.3) is 11.8 Å². The van der Waals surface area contributed by atoms with E-state index in [1.54, 1.807) is 36.9 Å². The Morgan fingerprint density at radius 1 is 1.00 bits per heavy atom. The summed E-state index contributed by atoms with van der Waals surface area (Å²) in [4.78, 5) is 30.3.